The van der Waals surface area contributed by atoms with Gasteiger partial charge in [0.2, 0.25) is 34.9 Å². The van der Waals surface area contributed by atoms with E-state index in [4.69, 9.17) is 0 Å². The summed E-state index contributed by atoms with van der Waals surface area (Å²) in [7, 11) is 0. The zero-order chi connectivity index (χ0) is 35.5. The summed E-state index contributed by atoms with van der Waals surface area (Å²) >= 11 is 0. The second-order valence-electron chi connectivity index (χ2n) is 10.6. The minimum Gasteiger partial charge on any atom is -0.478 e. The molecule has 0 fully saturated rings. The largest absolute Gasteiger partial charge is 0.478 e. The van der Waals surface area contributed by atoms with Gasteiger partial charge in [-0.25, -0.2) is 14.4 Å². The Morgan fingerprint density at radius 3 is 0.647 bits per heavy atom. The number of nitrogens with zero attached hydrogens (tertiary/aromatic N) is 12. The van der Waals surface area contributed by atoms with Gasteiger partial charge in [-0.05, 0) is 54.6 Å². The number of carboxylic acids is 3. The van der Waals surface area contributed by atoms with Crippen molar-refractivity contribution in [3.8, 4) is 68.3 Å². The summed E-state index contributed by atoms with van der Waals surface area (Å²) < 4.78 is 0. The van der Waals surface area contributed by atoms with Gasteiger partial charge in [-0.3, -0.25) is 0 Å². The standard InChI is InChI=1S/C33H18N12O6/c46-31(47)19-7-1-16(2-8-19)25-34-40-28(41-35-25)22-13-23(29-42-36-26(37-43-29)17-3-9-20(10-4-17)32(48)49)15-24(14-22)30-44-38-27(39-45-30)18-5-11-21(12-6-18)33(50)51/h1-15H,(H,46,47)(H,48,49)(H,50,51). The van der Waals surface area contributed by atoms with Gasteiger partial charge in [0.25, 0.3) is 0 Å². The zero-order valence-corrected chi connectivity index (χ0v) is 25.6. The Morgan fingerprint density at radius 2 is 0.471 bits per heavy atom. The van der Waals surface area contributed by atoms with E-state index >= 15 is 0 Å². The fourth-order valence-electron chi connectivity index (χ4n) is 4.68. The van der Waals surface area contributed by atoms with E-state index in [9.17, 15) is 29.7 Å². The van der Waals surface area contributed by atoms with Crippen molar-refractivity contribution >= 4 is 17.9 Å². The molecule has 3 heterocycles. The summed E-state index contributed by atoms with van der Waals surface area (Å²) in [4.78, 5) is 33.6. The highest BCUT2D eigenvalue weighted by Crippen LogP contribution is 2.29. The third-order valence-electron chi connectivity index (χ3n) is 7.31. The number of benzene rings is 4. The Labute approximate surface area is 284 Å². The van der Waals surface area contributed by atoms with Crippen LogP contribution in [0.25, 0.3) is 68.3 Å². The molecule has 0 atom stereocenters. The molecule has 0 amide bonds. The smallest absolute Gasteiger partial charge is 0.335 e. The summed E-state index contributed by atoms with van der Waals surface area (Å²) in [6.45, 7) is 0. The van der Waals surface area contributed by atoms with E-state index in [-0.39, 0.29) is 51.6 Å². The molecule has 0 aliphatic carbocycles. The highest BCUT2D eigenvalue weighted by molar-refractivity contribution is 5.89. The van der Waals surface area contributed by atoms with Crippen molar-refractivity contribution in [3.63, 3.8) is 0 Å². The molecule has 7 aromatic rings. The van der Waals surface area contributed by atoms with Crippen LogP contribution in [-0.4, -0.2) is 94.4 Å². The predicted molar refractivity (Wildman–Crippen MR) is 173 cm³/mol. The van der Waals surface area contributed by atoms with E-state index in [2.05, 4.69) is 61.2 Å². The van der Waals surface area contributed by atoms with Crippen LogP contribution in [0.5, 0.6) is 0 Å². The van der Waals surface area contributed by atoms with Crippen LogP contribution in [0.1, 0.15) is 31.1 Å². The molecule has 0 unspecified atom stereocenters. The molecule has 3 aromatic heterocycles. The first kappa shape index (κ1) is 31.7. The minimum absolute atomic E-state index is 0.103. The van der Waals surface area contributed by atoms with E-state index < -0.39 is 17.9 Å². The molecule has 18 nitrogen and oxygen atoms in total. The van der Waals surface area contributed by atoms with Crippen molar-refractivity contribution in [3.05, 3.63) is 108 Å². The van der Waals surface area contributed by atoms with Gasteiger partial charge in [0, 0.05) is 33.4 Å². The van der Waals surface area contributed by atoms with Crippen LogP contribution in [-0.2, 0) is 0 Å². The average molecular weight is 679 g/mol. The maximum atomic E-state index is 11.2. The number of aromatic carboxylic acids is 3. The van der Waals surface area contributed by atoms with Crippen LogP contribution < -0.4 is 0 Å². The maximum Gasteiger partial charge on any atom is 0.335 e. The fourth-order valence-corrected chi connectivity index (χ4v) is 4.68. The van der Waals surface area contributed by atoms with Crippen LogP contribution in [0.15, 0.2) is 91.0 Å². The van der Waals surface area contributed by atoms with E-state index in [0.717, 1.165) is 0 Å². The second-order valence-corrected chi connectivity index (χ2v) is 10.6. The third-order valence-corrected chi connectivity index (χ3v) is 7.31. The predicted octanol–water partition coefficient (Wildman–Crippen LogP) is 3.52. The van der Waals surface area contributed by atoms with Gasteiger partial charge >= 0.3 is 17.9 Å². The molecule has 0 saturated heterocycles. The average Bonchev–Trinajstić information content (AvgIpc) is 3.18. The monoisotopic (exact) mass is 678 g/mol. The quantitative estimate of drug-likeness (QED) is 0.197. The van der Waals surface area contributed by atoms with Crippen molar-refractivity contribution in [2.75, 3.05) is 0 Å². The molecule has 4 aromatic carbocycles. The number of hydrogen-bond acceptors (Lipinski definition) is 15. The topological polar surface area (TPSA) is 267 Å². The van der Waals surface area contributed by atoms with Crippen LogP contribution >= 0.6 is 0 Å². The van der Waals surface area contributed by atoms with Gasteiger partial charge < -0.3 is 15.3 Å². The highest BCUT2D eigenvalue weighted by atomic mass is 16.4. The lowest BCUT2D eigenvalue weighted by molar-refractivity contribution is 0.0686. The lowest BCUT2D eigenvalue weighted by Crippen LogP contribution is -2.03. The first-order chi connectivity index (χ1) is 24.7. The number of carbonyl (C=O) groups is 3. The molecule has 246 valence electrons. The van der Waals surface area contributed by atoms with Gasteiger partial charge in [0.15, 0.2) is 0 Å². The third kappa shape index (κ3) is 6.76. The lowest BCUT2D eigenvalue weighted by atomic mass is 10.0. The fraction of sp³-hybridized carbons (Fsp3) is 0. The van der Waals surface area contributed by atoms with Gasteiger partial charge in [0.05, 0.1) is 16.7 Å². The molecule has 51 heavy (non-hydrogen) atoms. The van der Waals surface area contributed by atoms with E-state index in [1.165, 1.54) is 36.4 Å². The SMILES string of the molecule is O=C(O)c1ccc(-c2nnc(-c3cc(-c4nnc(-c5ccc(C(=O)O)cc5)nn4)cc(-c4nnc(-c5ccc(C(=O)O)cc5)nn4)c3)nn2)cc1. The second kappa shape index (κ2) is 13.3. The van der Waals surface area contributed by atoms with Crippen molar-refractivity contribution in [2.45, 2.75) is 0 Å². The molecule has 0 radical (unpaired) electrons. The van der Waals surface area contributed by atoms with Crippen LogP contribution in [0.2, 0.25) is 0 Å². The van der Waals surface area contributed by atoms with Gasteiger partial charge in [-0.15, -0.1) is 61.2 Å². The number of rotatable bonds is 9. The van der Waals surface area contributed by atoms with Crippen molar-refractivity contribution in [1.29, 1.82) is 0 Å². The summed E-state index contributed by atoms with van der Waals surface area (Å²) in [5.41, 5.74) is 3.05. The van der Waals surface area contributed by atoms with E-state index in [0.29, 0.717) is 33.4 Å². The number of aromatic nitrogens is 12. The summed E-state index contributed by atoms with van der Waals surface area (Å²) in [5.74, 6) is -2.38. The van der Waals surface area contributed by atoms with Crippen molar-refractivity contribution in [1.82, 2.24) is 61.2 Å². The highest BCUT2D eigenvalue weighted by Gasteiger charge is 2.17. The summed E-state index contributed by atoms with van der Waals surface area (Å²) in [5, 5.41) is 78.0. The normalized spacial score (nSPS) is 10.8. The molecule has 18 heteroatoms. The van der Waals surface area contributed by atoms with Gasteiger partial charge in [0.1, 0.15) is 0 Å². The summed E-state index contributed by atoms with van der Waals surface area (Å²) in [6, 6.07) is 22.7. The Kier molecular flexibility index (Phi) is 8.27. The van der Waals surface area contributed by atoms with E-state index in [1.54, 1.807) is 54.6 Å². The molecule has 0 spiro atoms. The molecule has 7 rings (SSSR count). The molecular weight excluding hydrogens is 660 g/mol. The van der Waals surface area contributed by atoms with Gasteiger partial charge in [-0.1, -0.05) is 36.4 Å². The van der Waals surface area contributed by atoms with Crippen molar-refractivity contribution in [2.24, 2.45) is 0 Å². The molecule has 3 N–H and O–H groups in total. The van der Waals surface area contributed by atoms with E-state index in [1.807, 2.05) is 0 Å². The molecule has 0 bridgehead atoms. The lowest BCUT2D eigenvalue weighted by Gasteiger charge is -2.08. The Bertz CT molecular complexity index is 2130. The maximum absolute atomic E-state index is 11.2. The molecule has 0 saturated carbocycles. The molecule has 0 aliphatic rings. The minimum atomic E-state index is -1.07. The van der Waals surface area contributed by atoms with Crippen LogP contribution in [0.3, 0.4) is 0 Å². The Morgan fingerprint density at radius 1 is 0.294 bits per heavy atom. The number of carboxylic acid groups (broad SMARTS) is 3. The molecule has 0 aliphatic heterocycles. The zero-order valence-electron chi connectivity index (χ0n) is 25.6. The molecular formula is C33H18N12O6. The first-order valence-corrected chi connectivity index (χ1v) is 14.6. The van der Waals surface area contributed by atoms with Crippen LogP contribution in [0.4, 0.5) is 0 Å². The first-order valence-electron chi connectivity index (χ1n) is 14.6. The van der Waals surface area contributed by atoms with Crippen LogP contribution in [0, 0.1) is 0 Å². The van der Waals surface area contributed by atoms with Crippen molar-refractivity contribution < 1.29 is 29.7 Å². The number of hydrogen-bond donors (Lipinski definition) is 3. The summed E-state index contributed by atoms with van der Waals surface area (Å²) in [6.07, 6.45) is 0. The van der Waals surface area contributed by atoms with Gasteiger partial charge in [-0.2, -0.15) is 0 Å². The Balaban J connectivity index is 1.24. The Hall–Kier alpha value is -7.89.